The first-order chi connectivity index (χ1) is 30.1. The van der Waals surface area contributed by atoms with Crippen molar-refractivity contribution in [2.24, 2.45) is 29.1 Å². The summed E-state index contributed by atoms with van der Waals surface area (Å²) in [7, 11) is 2.76. The molecule has 1 heterocycles. The fourth-order valence-electron chi connectivity index (χ4n) is 10.4. The number of para-hydroxylation sites is 1. The number of carbonyl (C=O) groups excluding carboxylic acids is 2. The van der Waals surface area contributed by atoms with Gasteiger partial charge in [0.25, 0.3) is 5.91 Å². The van der Waals surface area contributed by atoms with Gasteiger partial charge >= 0.3 is 0 Å². The van der Waals surface area contributed by atoms with Crippen molar-refractivity contribution in [3.63, 3.8) is 0 Å². The summed E-state index contributed by atoms with van der Waals surface area (Å²) in [6.07, 6.45) is 1.14. The molecule has 3 saturated carbocycles. The summed E-state index contributed by atoms with van der Waals surface area (Å²) in [5.41, 5.74) is 0.718. The number of fused-ring (bicyclic) bond motifs is 2. The lowest BCUT2D eigenvalue weighted by molar-refractivity contribution is -0.183. The molecule has 0 aromatic heterocycles. The molecule has 1 unspecified atom stereocenters. The quantitative estimate of drug-likeness (QED) is 0.0864. The Balaban J connectivity index is 1.36. The van der Waals surface area contributed by atoms with Crippen molar-refractivity contribution in [3.05, 3.63) is 83.4 Å². The summed E-state index contributed by atoms with van der Waals surface area (Å²) >= 11 is 0. The fraction of sp³-hybridized carbons (Fsp3) is 0.574. The Morgan fingerprint density at radius 1 is 1.05 bits per heavy atom. The van der Waals surface area contributed by atoms with Crippen LogP contribution in [-0.2, 0) is 31.9 Å². The van der Waals surface area contributed by atoms with E-state index in [1.165, 1.54) is 12.2 Å². The number of likely N-dealkylation sites (N-methyl/N-ethyl adjacent to an activating group) is 2. The molecular weight excluding hydrogens is 841 g/mol. The molecule has 7 N–H and O–H groups in total. The average Bonchev–Trinajstić information content (AvgIpc) is 3.62. The van der Waals surface area contributed by atoms with Gasteiger partial charge in [0.05, 0.1) is 45.3 Å². The highest BCUT2D eigenvalue weighted by Crippen LogP contribution is 2.61. The summed E-state index contributed by atoms with van der Waals surface area (Å²) in [4.78, 5) is 38.7. The number of hydroxylamine groups is 2. The number of sulfonamides is 1. The monoisotopic (exact) mass is 908 g/mol. The molecule has 1 saturated heterocycles. The number of benzene rings is 3. The van der Waals surface area contributed by atoms with Crippen LogP contribution in [0.15, 0.2) is 66.7 Å². The molecule has 3 aromatic carbocycles. The minimum atomic E-state index is -4.01. The first-order valence-electron chi connectivity index (χ1n) is 22.0. The van der Waals surface area contributed by atoms with Crippen LogP contribution in [0.4, 0.5) is 5.69 Å². The van der Waals surface area contributed by atoms with Crippen molar-refractivity contribution in [1.82, 2.24) is 25.3 Å². The third-order valence-corrected chi connectivity index (χ3v) is 14.7. The van der Waals surface area contributed by atoms with E-state index in [4.69, 9.17) is 9.57 Å². The Labute approximate surface area is 377 Å². The Bertz CT molecular complexity index is 2230. The Morgan fingerprint density at radius 3 is 2.33 bits per heavy atom. The van der Waals surface area contributed by atoms with Gasteiger partial charge in [0.15, 0.2) is 5.72 Å². The number of aliphatic hydroxyl groups excluding tert-OH is 3. The lowest BCUT2D eigenvalue weighted by Gasteiger charge is -2.62. The second-order valence-corrected chi connectivity index (χ2v) is 20.7. The van der Waals surface area contributed by atoms with Gasteiger partial charge in [-0.1, -0.05) is 69.3 Å². The van der Waals surface area contributed by atoms with Crippen molar-refractivity contribution in [3.8, 4) is 16.9 Å². The van der Waals surface area contributed by atoms with E-state index in [-0.39, 0.29) is 60.6 Å². The van der Waals surface area contributed by atoms with Crippen molar-refractivity contribution in [2.45, 2.75) is 83.1 Å². The number of nitrogens with zero attached hydrogens (tertiary/aromatic N) is 3. The molecule has 352 valence electrons. The van der Waals surface area contributed by atoms with Crippen LogP contribution in [-0.4, -0.2) is 142 Å². The minimum Gasteiger partial charge on any atom is -0.496 e. The van der Waals surface area contributed by atoms with E-state index >= 15 is 0 Å². The highest BCUT2D eigenvalue weighted by molar-refractivity contribution is 7.88. The molecule has 3 aliphatic carbocycles. The summed E-state index contributed by atoms with van der Waals surface area (Å²) in [5, 5.41) is 51.3. The van der Waals surface area contributed by atoms with Crippen molar-refractivity contribution in [1.29, 1.82) is 0 Å². The third-order valence-electron chi connectivity index (χ3n) is 14.0. The van der Waals surface area contributed by atoms with Crippen LogP contribution in [0.1, 0.15) is 62.0 Å². The van der Waals surface area contributed by atoms with E-state index in [0.717, 1.165) is 19.1 Å². The molecular formula is C47H68N6O10S. The molecule has 1 aliphatic heterocycles. The topological polar surface area (TPSA) is 213 Å². The predicted octanol–water partition coefficient (Wildman–Crippen LogP) is 2.51. The lowest BCUT2D eigenvalue weighted by atomic mass is 9.45. The van der Waals surface area contributed by atoms with Crippen LogP contribution in [0.2, 0.25) is 0 Å². The number of rotatable bonds is 19. The van der Waals surface area contributed by atoms with E-state index in [9.17, 15) is 38.4 Å². The number of aliphatic hydroxyl groups is 4. The van der Waals surface area contributed by atoms with Crippen LogP contribution >= 0.6 is 0 Å². The van der Waals surface area contributed by atoms with Crippen LogP contribution in [0, 0.1) is 29.1 Å². The van der Waals surface area contributed by atoms with Crippen molar-refractivity contribution in [2.75, 3.05) is 65.7 Å². The van der Waals surface area contributed by atoms with E-state index in [0.29, 0.717) is 40.0 Å². The normalized spacial score (nSPS) is 26.1. The van der Waals surface area contributed by atoms with Crippen LogP contribution in [0.3, 0.4) is 0 Å². The maximum atomic E-state index is 14.5. The zero-order valence-corrected chi connectivity index (χ0v) is 39.3. The average molecular weight is 909 g/mol. The molecule has 0 radical (unpaired) electrons. The maximum absolute atomic E-state index is 14.5. The van der Waals surface area contributed by atoms with Gasteiger partial charge in [0.1, 0.15) is 17.9 Å². The van der Waals surface area contributed by atoms with E-state index in [2.05, 4.69) is 36.1 Å². The molecule has 7 rings (SSSR count). The van der Waals surface area contributed by atoms with Crippen LogP contribution in [0.5, 0.6) is 5.75 Å². The summed E-state index contributed by atoms with van der Waals surface area (Å²) in [5.74, 6) is 0.0890. The number of ether oxygens (including phenoxy) is 1. The highest BCUT2D eigenvalue weighted by atomic mass is 32.2. The molecule has 3 aromatic rings. The van der Waals surface area contributed by atoms with Gasteiger partial charge in [-0.2, -0.15) is 9.79 Å². The molecule has 4 fully saturated rings. The number of nitrogens with one attached hydrogen (secondary N) is 3. The molecule has 2 bridgehead atoms. The minimum absolute atomic E-state index is 0.0318. The molecule has 16 nitrogen and oxygen atoms in total. The first-order valence-corrected chi connectivity index (χ1v) is 23.9. The van der Waals surface area contributed by atoms with Crippen LogP contribution < -0.4 is 25.0 Å². The molecule has 2 amide bonds. The Kier molecular flexibility index (Phi) is 15.2. The van der Waals surface area contributed by atoms with E-state index in [1.54, 1.807) is 80.3 Å². The standard InChI is InChI=1S/C47H68N6O10S/c1-28-37-23-34(46(37,3)4)24-38(28)48-45(58)42-41(29(2)56)39(27-55)63-53(42)25-30-14-13-17-36(43(30)62-8)31-20-32(22-35(21-31)52(7)18-19-54)44(57)49-40(26-51(5)6)47(59,50-64(9,60)61)33-15-11-10-12-16-33/h10-17,20-22,28-29,34,37-42,50,54-56,59H,18-19,23-27H2,1-9H3,(H,48,58)(H,49,57)/t28-,29-,34?,37-,38-,39-,40+,41+,42-,47-/m0/s1. The maximum Gasteiger partial charge on any atom is 0.251 e. The fourth-order valence-corrected chi connectivity index (χ4v) is 11.2. The number of anilines is 1. The highest BCUT2D eigenvalue weighted by Gasteiger charge is 2.57. The molecule has 0 spiro atoms. The number of hydrogen-bond acceptors (Lipinski definition) is 13. The van der Waals surface area contributed by atoms with Gasteiger partial charge in [-0.15, -0.1) is 0 Å². The molecule has 17 heteroatoms. The summed E-state index contributed by atoms with van der Waals surface area (Å²) in [6.45, 7) is 8.15. The number of carbonyl (C=O) groups is 2. The zero-order chi connectivity index (χ0) is 46.9. The summed E-state index contributed by atoms with van der Waals surface area (Å²) < 4.78 is 33.9. The van der Waals surface area contributed by atoms with Gasteiger partial charge in [-0.05, 0) is 80.8 Å². The SMILES string of the molecule is COc1c(CN2O[C@@H](CO)[C@@H]([C@H](C)O)[C@H]2C(=O)N[C@H]2CC3C[C@@H]([C@@H]2C)C3(C)C)cccc1-c1cc(C(=O)N[C@H](CN(C)C)[C@](O)(NS(C)(=O)=O)c2ccccc2)cc(N(C)CCO)c1. The Hall–Kier alpha value is -4.17. The zero-order valence-electron chi connectivity index (χ0n) is 38.5. The third kappa shape index (κ3) is 10.3. The molecule has 10 atom stereocenters. The van der Waals surface area contributed by atoms with Gasteiger partial charge in [0.2, 0.25) is 15.9 Å². The largest absolute Gasteiger partial charge is 0.496 e. The number of amides is 2. The first kappa shape index (κ1) is 49.3. The van der Waals surface area contributed by atoms with Crippen molar-refractivity contribution >= 4 is 27.5 Å². The van der Waals surface area contributed by atoms with Gasteiger partial charge in [-0.25, -0.2) is 8.42 Å². The van der Waals surface area contributed by atoms with E-state index < -0.39 is 58.5 Å². The number of hydrogen-bond donors (Lipinski definition) is 7. The van der Waals surface area contributed by atoms with Crippen LogP contribution in [0.25, 0.3) is 11.1 Å². The molecule has 64 heavy (non-hydrogen) atoms. The second kappa shape index (κ2) is 19.7. The lowest BCUT2D eigenvalue weighted by Crippen LogP contribution is -2.62. The molecule has 4 aliphatic rings. The second-order valence-electron chi connectivity index (χ2n) is 18.9. The Morgan fingerprint density at radius 2 is 1.75 bits per heavy atom. The van der Waals surface area contributed by atoms with Gasteiger partial charge < -0.3 is 45.6 Å². The predicted molar refractivity (Wildman–Crippen MR) is 244 cm³/mol. The summed E-state index contributed by atoms with van der Waals surface area (Å²) in [6, 6.07) is 16.7. The van der Waals surface area contributed by atoms with E-state index in [1.807, 2.05) is 24.3 Å². The van der Waals surface area contributed by atoms with Gasteiger partial charge in [0, 0.05) is 60.0 Å². The van der Waals surface area contributed by atoms with Gasteiger partial charge in [-0.3, -0.25) is 14.4 Å². The smallest absolute Gasteiger partial charge is 0.251 e. The number of methoxy groups -OCH3 is 1. The van der Waals surface area contributed by atoms with Crippen molar-refractivity contribution < 1.29 is 48.0 Å².